The average Bonchev–Trinajstić information content (AvgIpc) is 2.80. The van der Waals surface area contributed by atoms with Gasteiger partial charge in [0.1, 0.15) is 11.5 Å². The Kier molecular flexibility index (Phi) is 5.44. The van der Waals surface area contributed by atoms with Gasteiger partial charge >= 0.3 is 0 Å². The van der Waals surface area contributed by atoms with Crippen LogP contribution < -0.4 is 9.47 Å². The van der Waals surface area contributed by atoms with Gasteiger partial charge in [-0.25, -0.2) is 0 Å². The molecule has 2 amide bonds. The number of piperidine rings is 2. The van der Waals surface area contributed by atoms with Gasteiger partial charge < -0.3 is 19.3 Å². The van der Waals surface area contributed by atoms with E-state index in [1.807, 2.05) is 13.8 Å². The summed E-state index contributed by atoms with van der Waals surface area (Å²) < 4.78 is 10.5. The van der Waals surface area contributed by atoms with Crippen molar-refractivity contribution in [3.63, 3.8) is 0 Å². The maximum Gasteiger partial charge on any atom is 0.254 e. The molecule has 2 fully saturated rings. The molecular weight excluding hydrogens is 408 g/mol. The van der Waals surface area contributed by atoms with E-state index in [1.54, 1.807) is 72.6 Å². The van der Waals surface area contributed by atoms with Crippen molar-refractivity contribution in [3.05, 3.63) is 59.7 Å². The first-order chi connectivity index (χ1) is 15.2. The SMILES string of the molecule is COc1cccc(C(=O)N2CC3(C)CN(C(=O)c4cccc(OC)c4)CC(C)(C2)C3=O)c1. The van der Waals surface area contributed by atoms with E-state index in [4.69, 9.17) is 9.47 Å². The smallest absolute Gasteiger partial charge is 0.254 e. The molecule has 0 saturated carbocycles. The summed E-state index contributed by atoms with van der Waals surface area (Å²) >= 11 is 0. The van der Waals surface area contributed by atoms with Gasteiger partial charge in [-0.1, -0.05) is 12.1 Å². The summed E-state index contributed by atoms with van der Waals surface area (Å²) in [5.74, 6) is 1.05. The van der Waals surface area contributed by atoms with Gasteiger partial charge in [-0.15, -0.1) is 0 Å². The minimum Gasteiger partial charge on any atom is -0.497 e. The molecule has 0 N–H and O–H groups in total. The summed E-state index contributed by atoms with van der Waals surface area (Å²) in [4.78, 5) is 43.3. The second-order valence-corrected chi connectivity index (χ2v) is 9.24. The number of ketones is 1. The van der Waals surface area contributed by atoms with E-state index in [9.17, 15) is 14.4 Å². The lowest BCUT2D eigenvalue weighted by Gasteiger charge is -2.55. The highest BCUT2D eigenvalue weighted by molar-refractivity contribution is 6.01. The van der Waals surface area contributed by atoms with Crippen molar-refractivity contribution in [2.45, 2.75) is 13.8 Å². The number of carbonyl (C=O) groups excluding carboxylic acids is 3. The van der Waals surface area contributed by atoms with Gasteiger partial charge in [-0.2, -0.15) is 0 Å². The molecule has 2 bridgehead atoms. The van der Waals surface area contributed by atoms with Crippen LogP contribution in [0.15, 0.2) is 48.5 Å². The minimum atomic E-state index is -0.839. The van der Waals surface area contributed by atoms with E-state index in [0.717, 1.165) is 0 Å². The van der Waals surface area contributed by atoms with E-state index < -0.39 is 10.8 Å². The van der Waals surface area contributed by atoms with Gasteiger partial charge in [-0.05, 0) is 50.2 Å². The van der Waals surface area contributed by atoms with Crippen molar-refractivity contribution in [2.24, 2.45) is 10.8 Å². The number of benzene rings is 2. The standard InChI is InChI=1S/C25H28N2O5/c1-24-13-26(21(28)17-7-5-9-19(11-17)31-3)15-25(2,23(24)30)16-27(14-24)22(29)18-8-6-10-20(12-18)32-4/h5-12H,13-16H2,1-4H3. The molecule has 0 atom stereocenters. The molecule has 2 aromatic rings. The van der Waals surface area contributed by atoms with Crippen LogP contribution in [0.5, 0.6) is 11.5 Å². The maximum absolute atomic E-state index is 13.3. The number of nitrogens with zero attached hydrogens (tertiary/aromatic N) is 2. The van der Waals surface area contributed by atoms with Crippen molar-refractivity contribution >= 4 is 17.6 Å². The summed E-state index contributed by atoms with van der Waals surface area (Å²) in [6.07, 6.45) is 0. The number of fused-ring (bicyclic) bond motifs is 2. The molecule has 2 aromatic carbocycles. The normalized spacial score (nSPS) is 24.8. The highest BCUT2D eigenvalue weighted by atomic mass is 16.5. The molecular formula is C25H28N2O5. The molecule has 0 aromatic heterocycles. The molecule has 2 heterocycles. The predicted molar refractivity (Wildman–Crippen MR) is 119 cm³/mol. The zero-order valence-corrected chi connectivity index (χ0v) is 18.9. The molecule has 2 saturated heterocycles. The number of likely N-dealkylation sites (tertiary alicyclic amines) is 2. The number of rotatable bonds is 4. The quantitative estimate of drug-likeness (QED) is 0.737. The Labute approximate surface area is 187 Å². The van der Waals surface area contributed by atoms with Gasteiger partial charge in [0, 0.05) is 37.3 Å². The summed E-state index contributed by atoms with van der Waals surface area (Å²) in [5, 5.41) is 0. The number of ether oxygens (including phenoxy) is 2. The van der Waals surface area contributed by atoms with Crippen LogP contribution in [0.4, 0.5) is 0 Å². The van der Waals surface area contributed by atoms with Gasteiger partial charge in [0.25, 0.3) is 11.8 Å². The Balaban J connectivity index is 1.60. The first kappa shape index (κ1) is 21.9. The summed E-state index contributed by atoms with van der Waals surface area (Å²) in [7, 11) is 3.12. The Morgan fingerprint density at radius 2 is 1.12 bits per heavy atom. The van der Waals surface area contributed by atoms with E-state index in [0.29, 0.717) is 22.6 Å². The van der Waals surface area contributed by atoms with Crippen LogP contribution in [-0.2, 0) is 4.79 Å². The highest BCUT2D eigenvalue weighted by Gasteiger charge is 2.57. The number of methoxy groups -OCH3 is 2. The summed E-state index contributed by atoms with van der Waals surface area (Å²) in [6.45, 7) is 4.75. The lowest BCUT2D eigenvalue weighted by molar-refractivity contribution is -0.153. The van der Waals surface area contributed by atoms with Gasteiger partial charge in [0.15, 0.2) is 5.78 Å². The van der Waals surface area contributed by atoms with Crippen molar-refractivity contribution in [1.29, 1.82) is 0 Å². The third kappa shape index (κ3) is 3.72. The monoisotopic (exact) mass is 436 g/mol. The minimum absolute atomic E-state index is 0.106. The second kappa shape index (κ2) is 7.97. The Hall–Kier alpha value is -3.35. The third-order valence-corrected chi connectivity index (χ3v) is 6.46. The van der Waals surface area contributed by atoms with Crippen molar-refractivity contribution in [3.8, 4) is 11.5 Å². The topological polar surface area (TPSA) is 76.2 Å². The average molecular weight is 437 g/mol. The number of hydrogen-bond acceptors (Lipinski definition) is 5. The lowest BCUT2D eigenvalue weighted by atomic mass is 9.64. The van der Waals surface area contributed by atoms with E-state index in [1.165, 1.54) is 0 Å². The first-order valence-electron chi connectivity index (χ1n) is 10.6. The maximum atomic E-state index is 13.3. The zero-order chi connectivity index (χ0) is 23.1. The third-order valence-electron chi connectivity index (χ3n) is 6.46. The first-order valence-corrected chi connectivity index (χ1v) is 10.6. The van der Waals surface area contributed by atoms with Gasteiger partial charge in [0.2, 0.25) is 0 Å². The highest BCUT2D eigenvalue weighted by Crippen LogP contribution is 2.43. The Morgan fingerprint density at radius 3 is 1.47 bits per heavy atom. The van der Waals surface area contributed by atoms with E-state index in [2.05, 4.69) is 0 Å². The fraction of sp³-hybridized carbons (Fsp3) is 0.400. The van der Waals surface area contributed by atoms with Gasteiger partial charge in [-0.3, -0.25) is 14.4 Å². The molecule has 4 rings (SSSR count). The molecule has 7 heteroatoms. The second-order valence-electron chi connectivity index (χ2n) is 9.24. The molecule has 2 aliphatic rings. The molecule has 0 unspecified atom stereocenters. The number of amides is 2. The van der Waals surface area contributed by atoms with Crippen LogP contribution in [0.2, 0.25) is 0 Å². The molecule has 0 spiro atoms. The fourth-order valence-electron chi connectivity index (χ4n) is 5.08. The summed E-state index contributed by atoms with van der Waals surface area (Å²) in [6, 6.07) is 14.0. The largest absolute Gasteiger partial charge is 0.497 e. The number of carbonyl (C=O) groups is 3. The van der Waals surface area contributed by atoms with Crippen molar-refractivity contribution in [1.82, 2.24) is 9.80 Å². The van der Waals surface area contributed by atoms with Gasteiger partial charge in [0.05, 0.1) is 25.0 Å². The Bertz CT molecular complexity index is 984. The van der Waals surface area contributed by atoms with Crippen LogP contribution in [0.25, 0.3) is 0 Å². The summed E-state index contributed by atoms with van der Waals surface area (Å²) in [5.41, 5.74) is -0.635. The van der Waals surface area contributed by atoms with Crippen LogP contribution in [0.3, 0.4) is 0 Å². The molecule has 168 valence electrons. The Morgan fingerprint density at radius 1 is 0.750 bits per heavy atom. The van der Waals surface area contributed by atoms with Crippen molar-refractivity contribution < 1.29 is 23.9 Å². The fourth-order valence-corrected chi connectivity index (χ4v) is 5.08. The zero-order valence-electron chi connectivity index (χ0n) is 18.9. The molecule has 2 aliphatic heterocycles. The predicted octanol–water partition coefficient (Wildman–Crippen LogP) is 2.90. The van der Waals surface area contributed by atoms with E-state index >= 15 is 0 Å². The van der Waals surface area contributed by atoms with Crippen molar-refractivity contribution in [2.75, 3.05) is 40.4 Å². The molecule has 0 radical (unpaired) electrons. The van der Waals surface area contributed by atoms with Crippen LogP contribution in [-0.4, -0.2) is 67.8 Å². The molecule has 0 aliphatic carbocycles. The van der Waals surface area contributed by atoms with Crippen LogP contribution in [0.1, 0.15) is 34.6 Å². The van der Waals surface area contributed by atoms with E-state index in [-0.39, 0.29) is 43.8 Å². The number of hydrogen-bond donors (Lipinski definition) is 0. The van der Waals surface area contributed by atoms with Crippen LogP contribution >= 0.6 is 0 Å². The molecule has 7 nitrogen and oxygen atoms in total. The number of Topliss-reactive ketones (excluding diaryl/α,β-unsaturated/α-hetero) is 1. The lowest BCUT2D eigenvalue weighted by Crippen LogP contribution is -2.69. The molecule has 32 heavy (non-hydrogen) atoms. The van der Waals surface area contributed by atoms with Crippen LogP contribution in [0, 0.1) is 10.8 Å².